The second-order valence-electron chi connectivity index (χ2n) is 1.84. The molecule has 1 aromatic heterocycles. The maximum absolute atomic E-state index is 10.6. The van der Waals surface area contributed by atoms with Crippen LogP contribution in [0.3, 0.4) is 0 Å². The molecule has 0 amide bonds. The SMILES string of the molecule is C=CCSc1ccnc(=O)[nH]1. The van der Waals surface area contributed by atoms with Gasteiger partial charge >= 0.3 is 5.69 Å². The third kappa shape index (κ3) is 2.59. The predicted molar refractivity (Wildman–Crippen MR) is 45.8 cm³/mol. The molecular formula is C7H8N2OS. The summed E-state index contributed by atoms with van der Waals surface area (Å²) in [6, 6.07) is 1.76. The van der Waals surface area contributed by atoms with Crippen molar-refractivity contribution < 1.29 is 0 Å². The highest BCUT2D eigenvalue weighted by molar-refractivity contribution is 7.99. The molecule has 0 radical (unpaired) electrons. The molecule has 0 atom stereocenters. The van der Waals surface area contributed by atoms with E-state index >= 15 is 0 Å². The lowest BCUT2D eigenvalue weighted by molar-refractivity contribution is 0.980. The summed E-state index contributed by atoms with van der Waals surface area (Å²) in [5.41, 5.74) is -0.306. The Morgan fingerprint density at radius 2 is 2.64 bits per heavy atom. The van der Waals surface area contributed by atoms with Crippen LogP contribution >= 0.6 is 11.8 Å². The number of aromatic amines is 1. The van der Waals surface area contributed by atoms with Crippen molar-refractivity contribution >= 4 is 11.8 Å². The number of hydrogen-bond donors (Lipinski definition) is 1. The van der Waals surface area contributed by atoms with Crippen LogP contribution in [0.2, 0.25) is 0 Å². The molecule has 0 fully saturated rings. The molecule has 1 N–H and O–H groups in total. The molecule has 11 heavy (non-hydrogen) atoms. The van der Waals surface area contributed by atoms with Crippen LogP contribution in [-0.4, -0.2) is 15.7 Å². The van der Waals surface area contributed by atoms with Gasteiger partial charge in [0.2, 0.25) is 0 Å². The molecule has 0 unspecified atom stereocenters. The van der Waals surface area contributed by atoms with Crippen molar-refractivity contribution in [2.75, 3.05) is 5.75 Å². The molecule has 0 spiro atoms. The zero-order valence-corrected chi connectivity index (χ0v) is 6.73. The number of thioether (sulfide) groups is 1. The Balaban J connectivity index is 2.71. The van der Waals surface area contributed by atoms with E-state index in [0.29, 0.717) is 0 Å². The number of hydrogen-bond acceptors (Lipinski definition) is 3. The van der Waals surface area contributed by atoms with E-state index in [-0.39, 0.29) is 5.69 Å². The average Bonchev–Trinajstić information content (AvgIpc) is 2.01. The van der Waals surface area contributed by atoms with Crippen LogP contribution in [0.15, 0.2) is 34.7 Å². The van der Waals surface area contributed by atoms with Crippen molar-refractivity contribution in [2.45, 2.75) is 5.03 Å². The van der Waals surface area contributed by atoms with Crippen molar-refractivity contribution in [3.63, 3.8) is 0 Å². The minimum absolute atomic E-state index is 0.306. The van der Waals surface area contributed by atoms with Crippen LogP contribution in [-0.2, 0) is 0 Å². The summed E-state index contributed by atoms with van der Waals surface area (Å²) in [5, 5.41) is 0.824. The Kier molecular flexibility index (Phi) is 2.92. The van der Waals surface area contributed by atoms with Gasteiger partial charge in [-0.25, -0.2) is 9.78 Å². The second kappa shape index (κ2) is 3.98. The summed E-state index contributed by atoms with van der Waals surface area (Å²) >= 11 is 1.52. The third-order valence-corrected chi connectivity index (χ3v) is 1.96. The second-order valence-corrected chi connectivity index (χ2v) is 2.90. The largest absolute Gasteiger partial charge is 0.345 e. The van der Waals surface area contributed by atoms with E-state index < -0.39 is 0 Å². The molecule has 1 aromatic rings. The molecule has 0 aliphatic rings. The van der Waals surface area contributed by atoms with Gasteiger partial charge in [-0.15, -0.1) is 18.3 Å². The molecule has 1 rings (SSSR count). The molecule has 3 nitrogen and oxygen atoms in total. The lowest BCUT2D eigenvalue weighted by Gasteiger charge is -1.94. The topological polar surface area (TPSA) is 45.8 Å². The normalized spacial score (nSPS) is 9.45. The van der Waals surface area contributed by atoms with E-state index in [1.165, 1.54) is 18.0 Å². The van der Waals surface area contributed by atoms with E-state index in [2.05, 4.69) is 16.5 Å². The first-order valence-electron chi connectivity index (χ1n) is 3.12. The number of nitrogens with zero attached hydrogens (tertiary/aromatic N) is 1. The fourth-order valence-electron chi connectivity index (χ4n) is 0.585. The minimum atomic E-state index is -0.306. The molecule has 1 heterocycles. The van der Waals surface area contributed by atoms with E-state index in [4.69, 9.17) is 0 Å². The summed E-state index contributed by atoms with van der Waals surface area (Å²) < 4.78 is 0. The number of rotatable bonds is 3. The first-order valence-corrected chi connectivity index (χ1v) is 4.10. The molecule has 0 aromatic carbocycles. The highest BCUT2D eigenvalue weighted by Gasteiger charge is 1.90. The molecule has 0 bridgehead atoms. The molecule has 0 aliphatic carbocycles. The van der Waals surface area contributed by atoms with Crippen molar-refractivity contribution in [1.29, 1.82) is 0 Å². The quantitative estimate of drug-likeness (QED) is 0.417. The molecule has 58 valence electrons. The van der Waals surface area contributed by atoms with Crippen LogP contribution in [0, 0.1) is 0 Å². The Morgan fingerprint density at radius 3 is 3.27 bits per heavy atom. The van der Waals surface area contributed by atoms with Gasteiger partial charge < -0.3 is 4.98 Å². The van der Waals surface area contributed by atoms with Gasteiger partial charge in [0.05, 0.1) is 5.03 Å². The minimum Gasteiger partial charge on any atom is -0.300 e. The monoisotopic (exact) mass is 168 g/mol. The zero-order valence-electron chi connectivity index (χ0n) is 5.91. The summed E-state index contributed by atoms with van der Waals surface area (Å²) in [6.07, 6.45) is 3.27. The molecule has 0 saturated carbocycles. The number of H-pyrrole nitrogens is 1. The molecule has 4 heteroatoms. The van der Waals surface area contributed by atoms with Crippen LogP contribution in [0.5, 0.6) is 0 Å². The van der Waals surface area contributed by atoms with Gasteiger partial charge in [-0.05, 0) is 6.07 Å². The highest BCUT2D eigenvalue weighted by atomic mass is 32.2. The van der Waals surface area contributed by atoms with Crippen LogP contribution in [0.25, 0.3) is 0 Å². The van der Waals surface area contributed by atoms with Crippen LogP contribution in [0.4, 0.5) is 0 Å². The molecule has 0 aliphatic heterocycles. The predicted octanol–water partition coefficient (Wildman–Crippen LogP) is 1.05. The Hall–Kier alpha value is -1.03. The fourth-order valence-corrected chi connectivity index (χ4v) is 1.20. The van der Waals surface area contributed by atoms with Gasteiger partial charge in [0.15, 0.2) is 0 Å². The summed E-state index contributed by atoms with van der Waals surface area (Å²) in [4.78, 5) is 16.7. The number of aromatic nitrogens is 2. The number of nitrogens with one attached hydrogen (secondary N) is 1. The summed E-state index contributed by atoms with van der Waals surface area (Å²) in [5.74, 6) is 0.792. The Morgan fingerprint density at radius 1 is 1.82 bits per heavy atom. The first kappa shape index (κ1) is 8.07. The van der Waals surface area contributed by atoms with E-state index in [0.717, 1.165) is 10.8 Å². The van der Waals surface area contributed by atoms with Gasteiger partial charge in [0.25, 0.3) is 0 Å². The summed E-state index contributed by atoms with van der Waals surface area (Å²) in [6.45, 7) is 3.57. The van der Waals surface area contributed by atoms with E-state index in [1.54, 1.807) is 12.1 Å². The lowest BCUT2D eigenvalue weighted by Crippen LogP contribution is -2.08. The van der Waals surface area contributed by atoms with Gasteiger partial charge in [0, 0.05) is 11.9 Å². The highest BCUT2D eigenvalue weighted by Crippen LogP contribution is 2.11. The zero-order chi connectivity index (χ0) is 8.10. The van der Waals surface area contributed by atoms with E-state index in [1.807, 2.05) is 0 Å². The van der Waals surface area contributed by atoms with Crippen molar-refractivity contribution in [1.82, 2.24) is 9.97 Å². The van der Waals surface area contributed by atoms with Crippen LogP contribution in [0.1, 0.15) is 0 Å². The Labute approximate surface area is 68.6 Å². The van der Waals surface area contributed by atoms with Gasteiger partial charge in [-0.3, -0.25) is 0 Å². The molecule has 0 saturated heterocycles. The van der Waals surface area contributed by atoms with Crippen LogP contribution < -0.4 is 5.69 Å². The van der Waals surface area contributed by atoms with Gasteiger partial charge in [-0.2, -0.15) is 0 Å². The van der Waals surface area contributed by atoms with Crippen molar-refractivity contribution in [2.24, 2.45) is 0 Å². The average molecular weight is 168 g/mol. The summed E-state index contributed by atoms with van der Waals surface area (Å²) in [7, 11) is 0. The fraction of sp³-hybridized carbons (Fsp3) is 0.143. The lowest BCUT2D eigenvalue weighted by atomic mass is 10.7. The molecular weight excluding hydrogens is 160 g/mol. The Bertz CT molecular complexity index is 294. The van der Waals surface area contributed by atoms with Gasteiger partial charge in [0.1, 0.15) is 0 Å². The maximum atomic E-state index is 10.6. The van der Waals surface area contributed by atoms with Crippen molar-refractivity contribution in [3.05, 3.63) is 35.4 Å². The standard InChI is InChI=1S/C7H8N2OS/c1-2-5-11-6-3-4-8-7(10)9-6/h2-4H,1,5H2,(H,8,9,10). The van der Waals surface area contributed by atoms with Gasteiger partial charge in [-0.1, -0.05) is 6.08 Å². The smallest absolute Gasteiger partial charge is 0.300 e. The third-order valence-electron chi connectivity index (χ3n) is 1.00. The van der Waals surface area contributed by atoms with E-state index in [9.17, 15) is 4.79 Å². The first-order chi connectivity index (χ1) is 5.33. The van der Waals surface area contributed by atoms with Crippen molar-refractivity contribution in [3.8, 4) is 0 Å². The maximum Gasteiger partial charge on any atom is 0.345 e.